The molecule has 0 aliphatic rings. The summed E-state index contributed by atoms with van der Waals surface area (Å²) >= 11 is 0. The van der Waals surface area contributed by atoms with Crippen molar-refractivity contribution in [2.75, 3.05) is 51.9 Å². The molecule has 13 nitrogen and oxygen atoms in total. The average molecular weight is 618 g/mol. The minimum atomic E-state index is -0.383. The molecule has 0 saturated heterocycles. The molecule has 0 saturated carbocycles. The van der Waals surface area contributed by atoms with Crippen molar-refractivity contribution in [3.63, 3.8) is 0 Å². The van der Waals surface area contributed by atoms with Gasteiger partial charge in [-0.3, -0.25) is 19.2 Å². The summed E-state index contributed by atoms with van der Waals surface area (Å²) in [4.78, 5) is 58.6. The summed E-state index contributed by atoms with van der Waals surface area (Å²) in [6.07, 6.45) is 3.36. The van der Waals surface area contributed by atoms with Crippen LogP contribution >= 0.6 is 0 Å². The minimum Gasteiger partial charge on any atom is -0.351 e. The zero-order valence-electron chi connectivity index (χ0n) is 27.1. The summed E-state index contributed by atoms with van der Waals surface area (Å²) in [5.41, 5.74) is 3.21. The van der Waals surface area contributed by atoms with Crippen molar-refractivity contribution in [1.82, 2.24) is 34.6 Å². The molecule has 0 aliphatic carbocycles. The van der Waals surface area contributed by atoms with Crippen LogP contribution in [0.3, 0.4) is 0 Å². The second-order valence-corrected chi connectivity index (χ2v) is 11.9. The van der Waals surface area contributed by atoms with Crippen LogP contribution in [0.1, 0.15) is 55.7 Å². The van der Waals surface area contributed by atoms with E-state index in [1.807, 2.05) is 51.8 Å². The smallest absolute Gasteiger partial charge is 0.272 e. The molecule has 2 atom stereocenters. The van der Waals surface area contributed by atoms with Crippen LogP contribution in [0.15, 0.2) is 48.8 Å². The van der Waals surface area contributed by atoms with E-state index in [0.717, 1.165) is 0 Å². The van der Waals surface area contributed by atoms with Gasteiger partial charge >= 0.3 is 0 Å². The molecular formula is C32H43N9O4. The van der Waals surface area contributed by atoms with Crippen LogP contribution in [-0.4, -0.2) is 101 Å². The van der Waals surface area contributed by atoms with Crippen LogP contribution < -0.4 is 21.3 Å². The predicted molar refractivity (Wildman–Crippen MR) is 176 cm³/mol. The molecule has 0 radical (unpaired) electrons. The van der Waals surface area contributed by atoms with E-state index in [1.54, 1.807) is 72.0 Å². The molecule has 0 aliphatic heterocycles. The summed E-state index contributed by atoms with van der Waals surface area (Å²) in [6.45, 7) is 5.02. The molecule has 2 unspecified atom stereocenters. The molecule has 0 fully saturated rings. The molecule has 3 aromatic heterocycles. The number of benzene rings is 1. The van der Waals surface area contributed by atoms with E-state index in [0.29, 0.717) is 58.0 Å². The molecule has 5 N–H and O–H groups in total. The highest BCUT2D eigenvalue weighted by molar-refractivity contribution is 6.09. The highest BCUT2D eigenvalue weighted by Crippen LogP contribution is 2.21. The summed E-state index contributed by atoms with van der Waals surface area (Å²) in [5.74, 6) is -1.19. The Kier molecular flexibility index (Phi) is 10.1. The number of likely N-dealkylation sites (N-methyl/N-ethyl adjacent to an activating group) is 2. The number of hydrogen-bond acceptors (Lipinski definition) is 6. The predicted octanol–water partition coefficient (Wildman–Crippen LogP) is 2.71. The van der Waals surface area contributed by atoms with E-state index in [-0.39, 0.29) is 35.7 Å². The van der Waals surface area contributed by atoms with E-state index in [1.165, 1.54) is 0 Å². The standard InChI is InChI=1S/C32H43N9O4/c1-19(38(3)4)15-33-31(44)27-13-23(17-40(27)7)35-29(42)21-9-10-25-22(11-21)12-26(37-25)30(43)36-24-14-28(41(8)18-24)32(45)34-16-20(2)39(5)6/h9-14,17-20,37H,15-16H2,1-8H3,(H,33,44)(H,34,45)(H,35,42)(H,36,43). The van der Waals surface area contributed by atoms with Gasteiger partial charge in [0.15, 0.2) is 0 Å². The van der Waals surface area contributed by atoms with Gasteiger partial charge in [0.2, 0.25) is 0 Å². The first-order valence-corrected chi connectivity index (χ1v) is 14.7. The van der Waals surface area contributed by atoms with Gasteiger partial charge in [-0.15, -0.1) is 0 Å². The zero-order chi connectivity index (χ0) is 33.0. The van der Waals surface area contributed by atoms with Gasteiger partial charge in [0.1, 0.15) is 17.1 Å². The normalized spacial score (nSPS) is 12.8. The molecular weight excluding hydrogens is 574 g/mol. The number of aromatic amines is 1. The van der Waals surface area contributed by atoms with Crippen molar-refractivity contribution < 1.29 is 19.2 Å². The van der Waals surface area contributed by atoms with Crippen molar-refractivity contribution in [2.24, 2.45) is 14.1 Å². The fraction of sp³-hybridized carbons (Fsp3) is 0.375. The topological polar surface area (TPSA) is 149 Å². The third-order valence-electron chi connectivity index (χ3n) is 8.00. The molecule has 4 rings (SSSR count). The number of hydrogen-bond donors (Lipinski definition) is 5. The molecule has 13 heteroatoms. The zero-order valence-corrected chi connectivity index (χ0v) is 27.1. The Morgan fingerprint density at radius 2 is 1.20 bits per heavy atom. The number of aryl methyl sites for hydroxylation is 2. The highest BCUT2D eigenvalue weighted by atomic mass is 16.2. The van der Waals surface area contributed by atoms with Gasteiger partial charge in [-0.25, -0.2) is 0 Å². The molecule has 4 aromatic rings. The van der Waals surface area contributed by atoms with Crippen molar-refractivity contribution >= 4 is 45.9 Å². The number of carbonyl (C=O) groups excluding carboxylic acids is 4. The first-order valence-electron chi connectivity index (χ1n) is 14.7. The van der Waals surface area contributed by atoms with Crippen LogP contribution in [0.25, 0.3) is 10.9 Å². The Balaban J connectivity index is 1.39. The molecule has 240 valence electrons. The Hall–Kier alpha value is -4.88. The summed E-state index contributed by atoms with van der Waals surface area (Å²) in [6, 6.07) is 10.4. The van der Waals surface area contributed by atoms with Crippen LogP contribution in [-0.2, 0) is 14.1 Å². The molecule has 0 bridgehead atoms. The molecule has 0 spiro atoms. The Morgan fingerprint density at radius 1 is 0.711 bits per heavy atom. The number of nitrogens with one attached hydrogen (secondary N) is 5. The summed E-state index contributed by atoms with van der Waals surface area (Å²) in [7, 11) is 11.3. The van der Waals surface area contributed by atoms with Gasteiger partial charge in [-0.1, -0.05) is 0 Å². The van der Waals surface area contributed by atoms with E-state index in [2.05, 4.69) is 26.3 Å². The van der Waals surface area contributed by atoms with Gasteiger partial charge in [0, 0.05) is 68.1 Å². The van der Waals surface area contributed by atoms with Crippen molar-refractivity contribution in [2.45, 2.75) is 25.9 Å². The second kappa shape index (κ2) is 13.8. The van der Waals surface area contributed by atoms with Crippen molar-refractivity contribution in [3.8, 4) is 0 Å². The number of anilines is 2. The largest absolute Gasteiger partial charge is 0.351 e. The number of carbonyl (C=O) groups is 4. The molecule has 3 heterocycles. The number of rotatable bonds is 12. The van der Waals surface area contributed by atoms with Gasteiger partial charge < -0.3 is 45.2 Å². The fourth-order valence-electron chi connectivity index (χ4n) is 4.54. The van der Waals surface area contributed by atoms with E-state index in [9.17, 15) is 19.2 Å². The lowest BCUT2D eigenvalue weighted by atomic mass is 10.1. The Morgan fingerprint density at radius 3 is 1.69 bits per heavy atom. The summed E-state index contributed by atoms with van der Waals surface area (Å²) < 4.78 is 3.33. The van der Waals surface area contributed by atoms with E-state index in [4.69, 9.17) is 0 Å². The minimum absolute atomic E-state index is 0.175. The van der Waals surface area contributed by atoms with Gasteiger partial charge in [-0.05, 0) is 78.4 Å². The molecule has 4 amide bonds. The average Bonchev–Trinajstić information content (AvgIpc) is 3.69. The molecule has 1 aromatic carbocycles. The van der Waals surface area contributed by atoms with Gasteiger partial charge in [0.05, 0.1) is 11.4 Å². The number of H-pyrrole nitrogens is 1. The first kappa shape index (κ1) is 33.0. The molecule has 45 heavy (non-hydrogen) atoms. The Bertz CT molecular complexity index is 1630. The maximum atomic E-state index is 13.1. The fourth-order valence-corrected chi connectivity index (χ4v) is 4.54. The second-order valence-electron chi connectivity index (χ2n) is 11.9. The Labute approximate surface area is 262 Å². The lowest BCUT2D eigenvalue weighted by Gasteiger charge is -2.19. The van der Waals surface area contributed by atoms with E-state index >= 15 is 0 Å². The van der Waals surface area contributed by atoms with Gasteiger partial charge in [0.25, 0.3) is 23.6 Å². The van der Waals surface area contributed by atoms with Crippen molar-refractivity contribution in [3.05, 3.63) is 71.4 Å². The van der Waals surface area contributed by atoms with Crippen LogP contribution in [0.4, 0.5) is 11.4 Å². The van der Waals surface area contributed by atoms with Crippen LogP contribution in [0, 0.1) is 0 Å². The van der Waals surface area contributed by atoms with E-state index < -0.39 is 0 Å². The lowest BCUT2D eigenvalue weighted by molar-refractivity contribution is 0.0927. The monoisotopic (exact) mass is 617 g/mol. The lowest BCUT2D eigenvalue weighted by Crippen LogP contribution is -2.38. The highest BCUT2D eigenvalue weighted by Gasteiger charge is 2.18. The van der Waals surface area contributed by atoms with Crippen LogP contribution in [0.2, 0.25) is 0 Å². The van der Waals surface area contributed by atoms with Gasteiger partial charge in [-0.2, -0.15) is 0 Å². The number of nitrogens with zero attached hydrogens (tertiary/aromatic N) is 4. The summed E-state index contributed by atoms with van der Waals surface area (Å²) in [5, 5.41) is 12.2. The number of aromatic nitrogens is 3. The quantitative estimate of drug-likeness (QED) is 0.165. The number of amides is 4. The third kappa shape index (κ3) is 7.99. The maximum absolute atomic E-state index is 13.1. The third-order valence-corrected chi connectivity index (χ3v) is 8.00. The number of fused-ring (bicyclic) bond motifs is 1. The SMILES string of the molecule is CC(CNC(=O)c1cc(NC(=O)c2ccc3[nH]c(C(=O)Nc4cc(C(=O)NCC(C)N(C)C)n(C)c4)cc3c2)cn1C)N(C)C. The first-order chi connectivity index (χ1) is 21.2. The maximum Gasteiger partial charge on any atom is 0.272 e. The van der Waals surface area contributed by atoms with Crippen LogP contribution in [0.5, 0.6) is 0 Å². The van der Waals surface area contributed by atoms with Crippen molar-refractivity contribution in [1.29, 1.82) is 0 Å².